The summed E-state index contributed by atoms with van der Waals surface area (Å²) < 4.78 is 28.5. The Morgan fingerprint density at radius 2 is 2.04 bits per heavy atom. The number of benzene rings is 1. The quantitative estimate of drug-likeness (QED) is 0.817. The van der Waals surface area contributed by atoms with E-state index in [1.165, 1.54) is 12.1 Å². The van der Waals surface area contributed by atoms with Crippen LogP contribution in [0.5, 0.6) is 0 Å². The van der Waals surface area contributed by atoms with Gasteiger partial charge in [0.2, 0.25) is 5.91 Å². The summed E-state index contributed by atoms with van der Waals surface area (Å²) in [6.45, 7) is 5.71. The summed E-state index contributed by atoms with van der Waals surface area (Å²) in [5, 5.41) is 10.00. The first-order valence-electron chi connectivity index (χ1n) is 7.85. The van der Waals surface area contributed by atoms with E-state index < -0.39 is 17.7 Å². The lowest BCUT2D eigenvalue weighted by Gasteiger charge is -2.22. The number of nitrogens with zero attached hydrogens (tertiary/aromatic N) is 2. The fourth-order valence-electron chi connectivity index (χ4n) is 2.40. The number of amides is 1. The maximum Gasteiger partial charge on any atom is 0.234 e. The zero-order valence-corrected chi connectivity index (χ0v) is 14.0. The lowest BCUT2D eigenvalue weighted by Crippen LogP contribution is -2.42. The summed E-state index contributed by atoms with van der Waals surface area (Å²) in [4.78, 5) is 12.0. The van der Waals surface area contributed by atoms with Crippen molar-refractivity contribution in [3.63, 3.8) is 0 Å². The van der Waals surface area contributed by atoms with Gasteiger partial charge in [0.25, 0.3) is 0 Å². The zero-order valence-electron chi connectivity index (χ0n) is 14.0. The van der Waals surface area contributed by atoms with Crippen LogP contribution in [0.4, 0.5) is 8.78 Å². The number of hydrogen-bond donors (Lipinski definition) is 2. The van der Waals surface area contributed by atoms with Crippen molar-refractivity contribution >= 4 is 5.91 Å². The molecule has 2 aromatic rings. The van der Waals surface area contributed by atoms with E-state index in [0.29, 0.717) is 0 Å². The molecule has 0 aliphatic rings. The first-order valence-corrected chi connectivity index (χ1v) is 7.85. The maximum atomic E-state index is 13.7. The van der Waals surface area contributed by atoms with Gasteiger partial charge in [0, 0.05) is 30.1 Å². The van der Waals surface area contributed by atoms with Crippen LogP contribution in [0.1, 0.15) is 38.4 Å². The molecule has 0 aliphatic heterocycles. The normalized spacial score (nSPS) is 14.9. The number of halogens is 2. The average molecular weight is 336 g/mol. The molecule has 5 nitrogen and oxygen atoms in total. The van der Waals surface area contributed by atoms with Crippen LogP contribution in [0.15, 0.2) is 36.7 Å². The van der Waals surface area contributed by atoms with Gasteiger partial charge in [-0.25, -0.2) is 8.78 Å². The summed E-state index contributed by atoms with van der Waals surface area (Å²) in [5.41, 5.74) is 0.253. The van der Waals surface area contributed by atoms with E-state index >= 15 is 0 Å². The maximum absolute atomic E-state index is 13.7. The van der Waals surface area contributed by atoms with Crippen molar-refractivity contribution in [3.8, 4) is 0 Å². The van der Waals surface area contributed by atoms with Crippen molar-refractivity contribution in [2.24, 2.45) is 0 Å². The number of nitrogens with one attached hydrogen (secondary N) is 2. The minimum absolute atomic E-state index is 0.0218. The molecule has 0 fully saturated rings. The van der Waals surface area contributed by atoms with Gasteiger partial charge in [0.05, 0.1) is 18.6 Å². The summed E-state index contributed by atoms with van der Waals surface area (Å²) in [7, 11) is 0. The lowest BCUT2D eigenvalue weighted by molar-refractivity contribution is -0.121. The first kappa shape index (κ1) is 18.1. The van der Waals surface area contributed by atoms with Crippen LogP contribution in [0.3, 0.4) is 0 Å². The molecule has 7 heteroatoms. The fourth-order valence-corrected chi connectivity index (χ4v) is 2.40. The molecule has 2 N–H and O–H groups in total. The van der Waals surface area contributed by atoms with Crippen LogP contribution >= 0.6 is 0 Å². The van der Waals surface area contributed by atoms with Gasteiger partial charge < -0.3 is 10.6 Å². The summed E-state index contributed by atoms with van der Waals surface area (Å²) >= 11 is 0. The molecular formula is C17H22F2N4O. The molecule has 0 saturated carbocycles. The van der Waals surface area contributed by atoms with Gasteiger partial charge in [-0.05, 0) is 32.9 Å². The molecule has 0 bridgehead atoms. The smallest absolute Gasteiger partial charge is 0.234 e. The predicted molar refractivity (Wildman–Crippen MR) is 87.3 cm³/mol. The van der Waals surface area contributed by atoms with E-state index in [2.05, 4.69) is 15.7 Å². The Bertz CT molecular complexity index is 675. The van der Waals surface area contributed by atoms with Crippen LogP contribution in [-0.2, 0) is 4.79 Å². The third-order valence-corrected chi connectivity index (χ3v) is 4.06. The molecule has 24 heavy (non-hydrogen) atoms. The zero-order chi connectivity index (χ0) is 17.7. The molecule has 2 rings (SSSR count). The van der Waals surface area contributed by atoms with Crippen LogP contribution in [0.25, 0.3) is 0 Å². The number of rotatable bonds is 7. The highest BCUT2D eigenvalue weighted by Gasteiger charge is 2.17. The van der Waals surface area contributed by atoms with Crippen molar-refractivity contribution in [1.82, 2.24) is 20.4 Å². The second-order valence-corrected chi connectivity index (χ2v) is 5.85. The van der Waals surface area contributed by atoms with Crippen molar-refractivity contribution < 1.29 is 13.6 Å². The fraction of sp³-hybridized carbons (Fsp3) is 0.412. The topological polar surface area (TPSA) is 59.0 Å². The summed E-state index contributed by atoms with van der Waals surface area (Å²) in [6, 6.07) is 4.73. The minimum atomic E-state index is -0.670. The molecular weight excluding hydrogens is 314 g/mol. The summed E-state index contributed by atoms with van der Waals surface area (Å²) in [5.74, 6) is -1.57. The highest BCUT2D eigenvalue weighted by molar-refractivity contribution is 5.78. The van der Waals surface area contributed by atoms with Crippen molar-refractivity contribution in [3.05, 3.63) is 53.9 Å². The standard InChI is InChI=1S/C17H22F2N4O/c1-11(13(3)23-8-4-7-21-23)20-10-17(24)22-12(2)15-6-5-14(18)9-16(15)19/h4-9,11-13,20H,10H2,1-3H3,(H,22,24)/t11-,12+,13-/m1/s1. The van der Waals surface area contributed by atoms with Crippen molar-refractivity contribution in [2.75, 3.05) is 6.54 Å². The van der Waals surface area contributed by atoms with Crippen LogP contribution in [-0.4, -0.2) is 28.3 Å². The van der Waals surface area contributed by atoms with Gasteiger partial charge in [-0.15, -0.1) is 0 Å². The molecule has 1 amide bonds. The number of carbonyl (C=O) groups excluding carboxylic acids is 1. The van der Waals surface area contributed by atoms with E-state index in [-0.39, 0.29) is 30.1 Å². The average Bonchev–Trinajstić information content (AvgIpc) is 3.06. The monoisotopic (exact) mass is 336 g/mol. The Morgan fingerprint density at radius 3 is 2.67 bits per heavy atom. The molecule has 0 saturated heterocycles. The largest absolute Gasteiger partial charge is 0.348 e. The highest BCUT2D eigenvalue weighted by Crippen LogP contribution is 2.17. The number of hydrogen-bond acceptors (Lipinski definition) is 3. The van der Waals surface area contributed by atoms with Gasteiger partial charge in [-0.1, -0.05) is 6.07 Å². The molecule has 0 spiro atoms. The van der Waals surface area contributed by atoms with E-state index in [0.717, 1.165) is 6.07 Å². The Labute approximate surface area is 140 Å². The van der Waals surface area contributed by atoms with Gasteiger partial charge in [-0.3, -0.25) is 9.48 Å². The molecule has 0 radical (unpaired) electrons. The van der Waals surface area contributed by atoms with Gasteiger partial charge in [0.1, 0.15) is 11.6 Å². The van der Waals surface area contributed by atoms with Crippen LogP contribution < -0.4 is 10.6 Å². The molecule has 130 valence electrons. The third kappa shape index (κ3) is 4.61. The van der Waals surface area contributed by atoms with Gasteiger partial charge >= 0.3 is 0 Å². The van der Waals surface area contributed by atoms with E-state index in [1.54, 1.807) is 13.1 Å². The second kappa shape index (κ2) is 8.01. The second-order valence-electron chi connectivity index (χ2n) is 5.85. The van der Waals surface area contributed by atoms with E-state index in [1.807, 2.05) is 30.8 Å². The minimum Gasteiger partial charge on any atom is -0.348 e. The van der Waals surface area contributed by atoms with Crippen LogP contribution in [0, 0.1) is 11.6 Å². The number of carbonyl (C=O) groups is 1. The van der Waals surface area contributed by atoms with E-state index in [4.69, 9.17) is 0 Å². The number of aromatic nitrogens is 2. The SMILES string of the molecule is C[C@H](NC(=O)CN[C@H](C)[C@@H](C)n1cccn1)c1ccc(F)cc1F. The third-order valence-electron chi connectivity index (χ3n) is 4.06. The molecule has 0 unspecified atom stereocenters. The predicted octanol–water partition coefficient (Wildman–Crippen LogP) is 2.58. The lowest BCUT2D eigenvalue weighted by atomic mass is 10.1. The van der Waals surface area contributed by atoms with Gasteiger partial charge in [-0.2, -0.15) is 5.10 Å². The Morgan fingerprint density at radius 1 is 1.29 bits per heavy atom. The van der Waals surface area contributed by atoms with Gasteiger partial charge in [0.15, 0.2) is 0 Å². The Balaban J connectivity index is 1.84. The summed E-state index contributed by atoms with van der Waals surface area (Å²) in [6.07, 6.45) is 3.57. The first-order chi connectivity index (χ1) is 11.4. The molecule has 1 heterocycles. The van der Waals surface area contributed by atoms with Crippen molar-refractivity contribution in [2.45, 2.75) is 38.9 Å². The highest BCUT2D eigenvalue weighted by atomic mass is 19.1. The van der Waals surface area contributed by atoms with Crippen molar-refractivity contribution in [1.29, 1.82) is 0 Å². The Kier molecular flexibility index (Phi) is 6.03. The van der Waals surface area contributed by atoms with Crippen LogP contribution in [0.2, 0.25) is 0 Å². The molecule has 1 aromatic carbocycles. The molecule has 1 aromatic heterocycles. The molecule has 3 atom stereocenters. The molecule has 0 aliphatic carbocycles. The van der Waals surface area contributed by atoms with E-state index in [9.17, 15) is 13.6 Å². The Hall–Kier alpha value is -2.28.